The Hall–Kier alpha value is -2.15. The van der Waals surface area contributed by atoms with Crippen molar-refractivity contribution >= 4 is 17.4 Å². The number of aliphatic hydroxyl groups excluding tert-OH is 1. The summed E-state index contributed by atoms with van der Waals surface area (Å²) in [6.07, 6.45) is -0.0405. The van der Waals surface area contributed by atoms with Gasteiger partial charge in [0.2, 0.25) is 0 Å². The maximum Gasteiger partial charge on any atom is 0.319 e. The van der Waals surface area contributed by atoms with Crippen LogP contribution in [-0.4, -0.2) is 28.7 Å². The van der Waals surface area contributed by atoms with Crippen molar-refractivity contribution < 1.29 is 14.8 Å². The third kappa shape index (κ3) is 4.55. The Balaban J connectivity index is 2.64. The summed E-state index contributed by atoms with van der Waals surface area (Å²) in [7, 11) is 0. The van der Waals surface area contributed by atoms with Gasteiger partial charge in [-0.25, -0.2) is 4.79 Å². The van der Waals surface area contributed by atoms with Crippen LogP contribution in [0.5, 0.6) is 0 Å². The van der Waals surface area contributed by atoms with Crippen LogP contribution in [0, 0.1) is 17.0 Å². The summed E-state index contributed by atoms with van der Waals surface area (Å²) in [6, 6.07) is 4.03. The fourth-order valence-corrected chi connectivity index (χ4v) is 1.52. The van der Waals surface area contributed by atoms with Gasteiger partial charge in [0.1, 0.15) is 0 Å². The standard InChI is InChI=1S/C12H17N3O4/c1-8(16)6-7-13-12(17)14-10-4-3-5-11(9(10)2)15(18)19/h3-5,8,16H,6-7H2,1-2H3,(H2,13,14,17). The Morgan fingerprint density at radius 2 is 2.21 bits per heavy atom. The van der Waals surface area contributed by atoms with Crippen LogP contribution in [0.2, 0.25) is 0 Å². The molecule has 0 aliphatic rings. The molecule has 0 fully saturated rings. The van der Waals surface area contributed by atoms with E-state index in [1.165, 1.54) is 12.1 Å². The lowest BCUT2D eigenvalue weighted by Crippen LogP contribution is -2.31. The molecule has 2 amide bonds. The minimum Gasteiger partial charge on any atom is -0.393 e. The molecule has 1 rings (SSSR count). The van der Waals surface area contributed by atoms with Crippen molar-refractivity contribution in [3.63, 3.8) is 0 Å². The van der Waals surface area contributed by atoms with Crippen molar-refractivity contribution in [1.82, 2.24) is 5.32 Å². The number of anilines is 1. The van der Waals surface area contributed by atoms with Gasteiger partial charge in [0.15, 0.2) is 0 Å². The second-order valence-corrected chi connectivity index (χ2v) is 4.23. The zero-order valence-corrected chi connectivity index (χ0v) is 10.8. The number of rotatable bonds is 5. The predicted octanol–water partition coefficient (Wildman–Crippen LogP) is 1.80. The van der Waals surface area contributed by atoms with Crippen molar-refractivity contribution in [2.45, 2.75) is 26.4 Å². The first-order valence-electron chi connectivity index (χ1n) is 5.88. The molecule has 1 aromatic rings. The van der Waals surface area contributed by atoms with Gasteiger partial charge in [0.25, 0.3) is 5.69 Å². The van der Waals surface area contributed by atoms with E-state index < -0.39 is 17.1 Å². The van der Waals surface area contributed by atoms with E-state index in [9.17, 15) is 14.9 Å². The van der Waals surface area contributed by atoms with Gasteiger partial charge >= 0.3 is 6.03 Å². The number of nitrogens with one attached hydrogen (secondary N) is 2. The topological polar surface area (TPSA) is 104 Å². The van der Waals surface area contributed by atoms with Crippen molar-refractivity contribution in [3.8, 4) is 0 Å². The summed E-state index contributed by atoms with van der Waals surface area (Å²) < 4.78 is 0. The van der Waals surface area contributed by atoms with Crippen molar-refractivity contribution in [3.05, 3.63) is 33.9 Å². The van der Waals surface area contributed by atoms with E-state index in [4.69, 9.17) is 5.11 Å². The normalized spacial score (nSPS) is 11.7. The average Bonchev–Trinajstić information content (AvgIpc) is 2.31. The van der Waals surface area contributed by atoms with Crippen LogP contribution in [0.3, 0.4) is 0 Å². The molecule has 0 aliphatic carbocycles. The molecule has 0 bridgehead atoms. The van der Waals surface area contributed by atoms with Gasteiger partial charge in [0.05, 0.1) is 22.3 Å². The predicted molar refractivity (Wildman–Crippen MR) is 71.2 cm³/mol. The highest BCUT2D eigenvalue weighted by Crippen LogP contribution is 2.24. The first-order valence-corrected chi connectivity index (χ1v) is 5.88. The van der Waals surface area contributed by atoms with Gasteiger partial charge in [-0.1, -0.05) is 6.07 Å². The number of nitro groups is 1. The van der Waals surface area contributed by atoms with Crippen LogP contribution in [-0.2, 0) is 0 Å². The fourth-order valence-electron chi connectivity index (χ4n) is 1.52. The first-order chi connectivity index (χ1) is 8.91. The first kappa shape index (κ1) is 14.9. The number of amides is 2. The van der Waals surface area contributed by atoms with Crippen LogP contribution in [0.25, 0.3) is 0 Å². The maximum absolute atomic E-state index is 11.6. The molecule has 1 aromatic carbocycles. The van der Waals surface area contributed by atoms with Crippen LogP contribution < -0.4 is 10.6 Å². The van der Waals surface area contributed by atoms with Gasteiger partial charge in [-0.05, 0) is 26.3 Å². The summed E-state index contributed by atoms with van der Waals surface area (Å²) in [5.74, 6) is 0. The van der Waals surface area contributed by atoms with Crippen LogP contribution >= 0.6 is 0 Å². The molecule has 7 nitrogen and oxygen atoms in total. The van der Waals surface area contributed by atoms with Gasteiger partial charge in [-0.15, -0.1) is 0 Å². The maximum atomic E-state index is 11.6. The zero-order valence-electron chi connectivity index (χ0n) is 10.8. The number of hydrogen-bond donors (Lipinski definition) is 3. The molecule has 0 heterocycles. The second kappa shape index (κ2) is 6.69. The molecule has 0 aliphatic heterocycles. The molecule has 1 atom stereocenters. The average molecular weight is 267 g/mol. The van der Waals surface area contributed by atoms with Gasteiger partial charge in [-0.2, -0.15) is 0 Å². The highest BCUT2D eigenvalue weighted by atomic mass is 16.6. The molecule has 1 unspecified atom stereocenters. The summed E-state index contributed by atoms with van der Waals surface area (Å²) in [5.41, 5.74) is 0.753. The highest BCUT2D eigenvalue weighted by Gasteiger charge is 2.14. The Labute approximate surface area is 110 Å². The fraction of sp³-hybridized carbons (Fsp3) is 0.417. The van der Waals surface area contributed by atoms with E-state index in [0.29, 0.717) is 24.2 Å². The molecular formula is C12H17N3O4. The lowest BCUT2D eigenvalue weighted by molar-refractivity contribution is -0.385. The molecule has 0 saturated carbocycles. The number of carbonyl (C=O) groups is 1. The second-order valence-electron chi connectivity index (χ2n) is 4.23. The lowest BCUT2D eigenvalue weighted by Gasteiger charge is -2.10. The summed E-state index contributed by atoms with van der Waals surface area (Å²) in [4.78, 5) is 21.8. The van der Waals surface area contributed by atoms with E-state index in [1.807, 2.05) is 0 Å². The Morgan fingerprint density at radius 1 is 1.53 bits per heavy atom. The number of urea groups is 1. The largest absolute Gasteiger partial charge is 0.393 e. The van der Waals surface area contributed by atoms with E-state index in [-0.39, 0.29) is 5.69 Å². The number of carbonyl (C=O) groups excluding carboxylic acids is 1. The van der Waals surface area contributed by atoms with Crippen LogP contribution in [0.4, 0.5) is 16.2 Å². The molecule has 0 radical (unpaired) electrons. The number of hydrogen-bond acceptors (Lipinski definition) is 4. The Kier molecular flexibility index (Phi) is 5.25. The minimum atomic E-state index is -0.494. The molecule has 0 spiro atoms. The molecule has 104 valence electrons. The molecule has 3 N–H and O–H groups in total. The monoisotopic (exact) mass is 267 g/mol. The zero-order chi connectivity index (χ0) is 14.4. The van der Waals surface area contributed by atoms with E-state index >= 15 is 0 Å². The Bertz CT molecular complexity index is 474. The quantitative estimate of drug-likeness (QED) is 0.558. The lowest BCUT2D eigenvalue weighted by atomic mass is 10.1. The van der Waals surface area contributed by atoms with E-state index in [0.717, 1.165) is 0 Å². The van der Waals surface area contributed by atoms with Gasteiger partial charge in [0, 0.05) is 12.6 Å². The summed E-state index contributed by atoms with van der Waals surface area (Å²) >= 11 is 0. The molecule has 0 aromatic heterocycles. The highest BCUT2D eigenvalue weighted by molar-refractivity contribution is 5.90. The van der Waals surface area contributed by atoms with Crippen molar-refractivity contribution in [1.29, 1.82) is 0 Å². The van der Waals surface area contributed by atoms with Gasteiger partial charge in [-0.3, -0.25) is 10.1 Å². The van der Waals surface area contributed by atoms with Crippen LogP contribution in [0.1, 0.15) is 18.9 Å². The van der Waals surface area contributed by atoms with Crippen molar-refractivity contribution in [2.24, 2.45) is 0 Å². The number of nitro benzene ring substituents is 1. The molecule has 19 heavy (non-hydrogen) atoms. The minimum absolute atomic E-state index is 0.0400. The van der Waals surface area contributed by atoms with E-state index in [2.05, 4.69) is 10.6 Å². The number of benzene rings is 1. The smallest absolute Gasteiger partial charge is 0.319 e. The van der Waals surface area contributed by atoms with Gasteiger partial charge < -0.3 is 15.7 Å². The number of aliphatic hydroxyl groups is 1. The summed E-state index contributed by atoms with van der Waals surface area (Å²) in [6.45, 7) is 3.53. The third-order valence-electron chi connectivity index (χ3n) is 2.60. The molecule has 7 heteroatoms. The molecule has 0 saturated heterocycles. The SMILES string of the molecule is Cc1c(NC(=O)NCCC(C)O)cccc1[N+](=O)[O-]. The third-order valence-corrected chi connectivity index (χ3v) is 2.60. The Morgan fingerprint density at radius 3 is 2.79 bits per heavy atom. The number of nitrogens with zero attached hydrogens (tertiary/aromatic N) is 1. The van der Waals surface area contributed by atoms with Crippen molar-refractivity contribution in [2.75, 3.05) is 11.9 Å². The molecular weight excluding hydrogens is 250 g/mol. The van der Waals surface area contributed by atoms with E-state index in [1.54, 1.807) is 19.9 Å². The summed E-state index contributed by atoms with van der Waals surface area (Å²) in [5, 5.41) is 24.9. The van der Waals surface area contributed by atoms with Crippen LogP contribution in [0.15, 0.2) is 18.2 Å².